The van der Waals surface area contributed by atoms with Gasteiger partial charge in [-0.05, 0) is 32.3 Å². The molecular weight excluding hydrogens is 244 g/mol. The van der Waals surface area contributed by atoms with Crippen molar-refractivity contribution in [1.82, 2.24) is 9.88 Å². The molecule has 2 heterocycles. The first-order valence-corrected chi connectivity index (χ1v) is 6.69. The fraction of sp³-hybridized carbons (Fsp3) is 0.571. The zero-order valence-electron chi connectivity index (χ0n) is 11.2. The molecule has 0 radical (unpaired) electrons. The number of hydrogen-bond acceptors (Lipinski definition) is 3. The third-order valence-corrected chi connectivity index (χ3v) is 3.46. The average Bonchev–Trinajstić information content (AvgIpc) is 2.84. The van der Waals surface area contributed by atoms with E-state index in [9.17, 15) is 9.59 Å². The number of nitrogens with one attached hydrogen (secondary N) is 1. The number of ether oxygens (including phenoxy) is 1. The van der Waals surface area contributed by atoms with E-state index in [0.717, 1.165) is 19.3 Å². The SMILES string of the molecule is CC1(C(=O)NCCCn2ccccc2=O)CCCO1. The van der Waals surface area contributed by atoms with Crippen LogP contribution in [0.15, 0.2) is 29.2 Å². The first-order valence-electron chi connectivity index (χ1n) is 6.69. The third kappa shape index (κ3) is 3.44. The fourth-order valence-electron chi connectivity index (χ4n) is 2.24. The van der Waals surface area contributed by atoms with Crippen LogP contribution < -0.4 is 10.9 Å². The minimum atomic E-state index is -0.663. The van der Waals surface area contributed by atoms with Crippen LogP contribution in [0, 0.1) is 0 Å². The maximum atomic E-state index is 11.9. The Bertz CT molecular complexity index is 489. The van der Waals surface area contributed by atoms with E-state index in [1.54, 1.807) is 16.8 Å². The Labute approximate surface area is 112 Å². The van der Waals surface area contributed by atoms with Crippen molar-refractivity contribution in [2.24, 2.45) is 0 Å². The molecule has 104 valence electrons. The topological polar surface area (TPSA) is 60.3 Å². The summed E-state index contributed by atoms with van der Waals surface area (Å²) in [6, 6.07) is 5.08. The Morgan fingerprint density at radius 1 is 1.53 bits per heavy atom. The van der Waals surface area contributed by atoms with Gasteiger partial charge in [-0.1, -0.05) is 6.07 Å². The smallest absolute Gasteiger partial charge is 0.251 e. The van der Waals surface area contributed by atoms with E-state index >= 15 is 0 Å². The first kappa shape index (κ1) is 13.8. The lowest BCUT2D eigenvalue weighted by Gasteiger charge is -2.21. The quantitative estimate of drug-likeness (QED) is 0.805. The van der Waals surface area contributed by atoms with Crippen LogP contribution in [-0.2, 0) is 16.1 Å². The number of rotatable bonds is 5. The molecule has 0 aromatic carbocycles. The molecule has 1 saturated heterocycles. The Hall–Kier alpha value is -1.62. The summed E-state index contributed by atoms with van der Waals surface area (Å²) < 4.78 is 7.11. The highest BCUT2D eigenvalue weighted by Crippen LogP contribution is 2.24. The molecule has 1 atom stereocenters. The second kappa shape index (κ2) is 6.02. The van der Waals surface area contributed by atoms with Crippen LogP contribution in [0.25, 0.3) is 0 Å². The van der Waals surface area contributed by atoms with Gasteiger partial charge in [-0.15, -0.1) is 0 Å². The minimum Gasteiger partial charge on any atom is -0.365 e. The van der Waals surface area contributed by atoms with Gasteiger partial charge in [-0.3, -0.25) is 9.59 Å². The van der Waals surface area contributed by atoms with Gasteiger partial charge in [0.25, 0.3) is 5.91 Å². The molecule has 1 aromatic heterocycles. The molecule has 19 heavy (non-hydrogen) atoms. The predicted octanol–water partition coefficient (Wildman–Crippen LogP) is 0.924. The summed E-state index contributed by atoms with van der Waals surface area (Å²) in [7, 11) is 0. The van der Waals surface area contributed by atoms with Crippen LogP contribution in [0.5, 0.6) is 0 Å². The Balaban J connectivity index is 1.74. The predicted molar refractivity (Wildman–Crippen MR) is 71.9 cm³/mol. The molecule has 2 rings (SSSR count). The van der Waals surface area contributed by atoms with Crippen LogP contribution in [0.2, 0.25) is 0 Å². The summed E-state index contributed by atoms with van der Waals surface area (Å²) in [4.78, 5) is 23.4. The van der Waals surface area contributed by atoms with Gasteiger partial charge in [0, 0.05) is 32.0 Å². The zero-order valence-corrected chi connectivity index (χ0v) is 11.2. The van der Waals surface area contributed by atoms with Crippen molar-refractivity contribution >= 4 is 5.91 Å². The number of carbonyl (C=O) groups excluding carboxylic acids is 1. The molecule has 0 spiro atoms. The number of aryl methyl sites for hydroxylation is 1. The summed E-state index contributed by atoms with van der Waals surface area (Å²) in [5, 5.41) is 2.88. The van der Waals surface area contributed by atoms with Gasteiger partial charge < -0.3 is 14.6 Å². The number of hydrogen-bond donors (Lipinski definition) is 1. The largest absolute Gasteiger partial charge is 0.365 e. The number of carbonyl (C=O) groups is 1. The molecule has 1 amide bonds. The van der Waals surface area contributed by atoms with E-state index in [0.29, 0.717) is 19.7 Å². The van der Waals surface area contributed by atoms with E-state index in [2.05, 4.69) is 5.32 Å². The molecule has 5 nitrogen and oxygen atoms in total. The van der Waals surface area contributed by atoms with Gasteiger partial charge in [-0.25, -0.2) is 0 Å². The van der Waals surface area contributed by atoms with Gasteiger partial charge in [0.05, 0.1) is 0 Å². The molecule has 0 bridgehead atoms. The van der Waals surface area contributed by atoms with E-state index in [1.165, 1.54) is 6.07 Å². The second-order valence-electron chi connectivity index (χ2n) is 5.02. The van der Waals surface area contributed by atoms with Gasteiger partial charge in [0.2, 0.25) is 5.56 Å². The molecule has 1 aliphatic rings. The van der Waals surface area contributed by atoms with Gasteiger partial charge >= 0.3 is 0 Å². The van der Waals surface area contributed by atoms with Gasteiger partial charge in [0.15, 0.2) is 0 Å². The lowest BCUT2D eigenvalue weighted by molar-refractivity contribution is -0.139. The van der Waals surface area contributed by atoms with Crippen molar-refractivity contribution in [1.29, 1.82) is 0 Å². The summed E-state index contributed by atoms with van der Waals surface area (Å²) in [5.74, 6) is -0.0505. The van der Waals surface area contributed by atoms with Crippen LogP contribution in [0.3, 0.4) is 0 Å². The van der Waals surface area contributed by atoms with Crippen LogP contribution in [0.4, 0.5) is 0 Å². The van der Waals surface area contributed by atoms with Crippen molar-refractivity contribution in [2.45, 2.75) is 38.3 Å². The Morgan fingerprint density at radius 2 is 2.37 bits per heavy atom. The molecule has 1 unspecified atom stereocenters. The molecule has 0 saturated carbocycles. The summed E-state index contributed by atoms with van der Waals surface area (Å²) in [6.45, 7) is 3.65. The monoisotopic (exact) mass is 264 g/mol. The summed E-state index contributed by atoms with van der Waals surface area (Å²) >= 11 is 0. The second-order valence-corrected chi connectivity index (χ2v) is 5.02. The maximum Gasteiger partial charge on any atom is 0.251 e. The van der Waals surface area contributed by atoms with Crippen LogP contribution in [-0.4, -0.2) is 29.2 Å². The normalized spacial score (nSPS) is 22.4. The number of amides is 1. The average molecular weight is 264 g/mol. The zero-order chi connectivity index (χ0) is 13.7. The number of aromatic nitrogens is 1. The Morgan fingerprint density at radius 3 is 3.05 bits per heavy atom. The lowest BCUT2D eigenvalue weighted by atomic mass is 10.0. The van der Waals surface area contributed by atoms with Crippen LogP contribution >= 0.6 is 0 Å². The van der Waals surface area contributed by atoms with Crippen LogP contribution in [0.1, 0.15) is 26.2 Å². The highest BCUT2D eigenvalue weighted by atomic mass is 16.5. The van der Waals surface area contributed by atoms with Crippen molar-refractivity contribution in [2.75, 3.05) is 13.2 Å². The molecular formula is C14H20N2O3. The molecule has 1 fully saturated rings. The van der Waals surface area contributed by atoms with Crippen molar-refractivity contribution in [3.05, 3.63) is 34.7 Å². The van der Waals surface area contributed by atoms with Crippen molar-refractivity contribution in [3.63, 3.8) is 0 Å². The highest BCUT2D eigenvalue weighted by Gasteiger charge is 2.37. The number of pyridine rings is 1. The van der Waals surface area contributed by atoms with Gasteiger partial charge in [-0.2, -0.15) is 0 Å². The molecule has 0 aliphatic carbocycles. The van der Waals surface area contributed by atoms with E-state index in [1.807, 2.05) is 13.0 Å². The maximum absolute atomic E-state index is 11.9. The van der Waals surface area contributed by atoms with Crippen molar-refractivity contribution in [3.8, 4) is 0 Å². The van der Waals surface area contributed by atoms with E-state index in [4.69, 9.17) is 4.74 Å². The number of nitrogens with zero attached hydrogens (tertiary/aromatic N) is 1. The highest BCUT2D eigenvalue weighted by molar-refractivity contribution is 5.84. The molecule has 5 heteroatoms. The van der Waals surface area contributed by atoms with Crippen molar-refractivity contribution < 1.29 is 9.53 Å². The fourth-order valence-corrected chi connectivity index (χ4v) is 2.24. The molecule has 1 N–H and O–H groups in total. The van der Waals surface area contributed by atoms with E-state index in [-0.39, 0.29) is 11.5 Å². The minimum absolute atomic E-state index is 0.0140. The first-order chi connectivity index (χ1) is 9.12. The lowest BCUT2D eigenvalue weighted by Crippen LogP contribution is -2.44. The van der Waals surface area contributed by atoms with Gasteiger partial charge in [0.1, 0.15) is 5.60 Å². The van der Waals surface area contributed by atoms with E-state index < -0.39 is 5.60 Å². The summed E-state index contributed by atoms with van der Waals surface area (Å²) in [6.07, 6.45) is 4.19. The molecule has 1 aromatic rings. The Kier molecular flexibility index (Phi) is 4.37. The standard InChI is InChI=1S/C14H20N2O3/c1-14(7-4-11-19-14)13(18)15-8-5-10-16-9-3-2-6-12(16)17/h2-3,6,9H,4-5,7-8,10-11H2,1H3,(H,15,18). The third-order valence-electron chi connectivity index (χ3n) is 3.46. The molecule has 1 aliphatic heterocycles. The summed E-state index contributed by atoms with van der Waals surface area (Å²) in [5.41, 5.74) is -0.677.